The number of amidine groups is 1. The second-order valence-electron chi connectivity index (χ2n) is 5.16. The van der Waals surface area contributed by atoms with Crippen molar-refractivity contribution in [3.8, 4) is 0 Å². The summed E-state index contributed by atoms with van der Waals surface area (Å²) in [7, 11) is 0. The number of alkyl halides is 3. The van der Waals surface area contributed by atoms with Gasteiger partial charge in [-0.3, -0.25) is 4.79 Å². The summed E-state index contributed by atoms with van der Waals surface area (Å²) in [5.74, 6) is -0.243. The van der Waals surface area contributed by atoms with Crippen molar-refractivity contribution in [2.75, 3.05) is 0 Å². The molecule has 0 spiro atoms. The van der Waals surface area contributed by atoms with Gasteiger partial charge in [0.2, 0.25) is 3.79 Å². The number of aryl methyl sites for hydroxylation is 1. The molecule has 4 nitrogen and oxygen atoms in total. The fourth-order valence-electron chi connectivity index (χ4n) is 1.92. The van der Waals surface area contributed by atoms with Gasteiger partial charge in [-0.25, -0.2) is 4.99 Å². The lowest BCUT2D eigenvalue weighted by Crippen LogP contribution is -2.43. The number of nitrogens with one attached hydrogen (secondary N) is 1. The lowest BCUT2D eigenvalue weighted by molar-refractivity contribution is 0.0939. The molecule has 0 saturated heterocycles. The highest BCUT2D eigenvalue weighted by Gasteiger charge is 2.34. The van der Waals surface area contributed by atoms with E-state index in [4.69, 9.17) is 40.5 Å². The van der Waals surface area contributed by atoms with E-state index in [1.807, 2.05) is 37.3 Å². The van der Waals surface area contributed by atoms with Crippen molar-refractivity contribution < 1.29 is 4.79 Å². The predicted molar refractivity (Wildman–Crippen MR) is 99.9 cm³/mol. The lowest BCUT2D eigenvalue weighted by atomic mass is 10.1. The number of hydrogen-bond acceptors (Lipinski definition) is 2. The van der Waals surface area contributed by atoms with Crippen LogP contribution in [0.15, 0.2) is 59.6 Å². The van der Waals surface area contributed by atoms with Gasteiger partial charge in [-0.15, -0.1) is 0 Å². The zero-order valence-corrected chi connectivity index (χ0v) is 15.1. The molecule has 3 N–H and O–H groups in total. The molecule has 0 aliphatic heterocycles. The molecule has 0 aliphatic carbocycles. The monoisotopic (exact) mass is 383 g/mol. The highest BCUT2D eigenvalue weighted by molar-refractivity contribution is 6.68. The van der Waals surface area contributed by atoms with Crippen LogP contribution in [0.2, 0.25) is 0 Å². The molecule has 0 aliphatic rings. The highest BCUT2D eigenvalue weighted by Crippen LogP contribution is 2.31. The molecule has 0 heterocycles. The molecule has 2 aromatic rings. The van der Waals surface area contributed by atoms with Crippen LogP contribution in [0, 0.1) is 6.92 Å². The molecule has 126 valence electrons. The number of benzene rings is 2. The minimum Gasteiger partial charge on any atom is -0.383 e. The Labute approximate surface area is 155 Å². The fraction of sp³-hybridized carbons (Fsp3) is 0.176. The molecule has 1 amide bonds. The molecule has 2 rings (SSSR count). The third-order valence-corrected chi connectivity index (χ3v) is 3.85. The average Bonchev–Trinajstić information content (AvgIpc) is 2.54. The van der Waals surface area contributed by atoms with Crippen LogP contribution in [0.3, 0.4) is 0 Å². The molecule has 1 atom stereocenters. The fourth-order valence-corrected chi connectivity index (χ4v) is 2.23. The Morgan fingerprint density at radius 1 is 1.04 bits per heavy atom. The highest BCUT2D eigenvalue weighted by atomic mass is 35.6. The van der Waals surface area contributed by atoms with Crippen LogP contribution in [0.5, 0.6) is 0 Å². The van der Waals surface area contributed by atoms with Gasteiger partial charge in [0.05, 0.1) is 0 Å². The van der Waals surface area contributed by atoms with Gasteiger partial charge in [0.1, 0.15) is 5.84 Å². The molecule has 0 fully saturated rings. The van der Waals surface area contributed by atoms with Crippen molar-refractivity contribution in [2.45, 2.75) is 16.9 Å². The topological polar surface area (TPSA) is 67.5 Å². The maximum atomic E-state index is 12.3. The van der Waals surface area contributed by atoms with Gasteiger partial charge >= 0.3 is 0 Å². The first-order valence-corrected chi connectivity index (χ1v) is 8.23. The van der Waals surface area contributed by atoms with E-state index < -0.39 is 15.9 Å². The van der Waals surface area contributed by atoms with E-state index in [0.717, 1.165) is 5.56 Å². The normalized spacial score (nSPS) is 13.4. The number of aliphatic imine (C=N–C) groups is 1. The van der Waals surface area contributed by atoms with Crippen molar-refractivity contribution in [1.29, 1.82) is 0 Å². The largest absolute Gasteiger partial charge is 0.383 e. The summed E-state index contributed by atoms with van der Waals surface area (Å²) in [5.41, 5.74) is 8.09. The van der Waals surface area contributed by atoms with Crippen LogP contribution in [0.25, 0.3) is 0 Å². The summed E-state index contributed by atoms with van der Waals surface area (Å²) in [5, 5.41) is 2.59. The number of carbonyl (C=O) groups excluding carboxylic acids is 1. The van der Waals surface area contributed by atoms with Crippen molar-refractivity contribution >= 4 is 46.5 Å². The van der Waals surface area contributed by atoms with E-state index in [9.17, 15) is 4.79 Å². The number of carbonyl (C=O) groups is 1. The number of rotatable bonds is 4. The van der Waals surface area contributed by atoms with Crippen LogP contribution < -0.4 is 11.1 Å². The Morgan fingerprint density at radius 2 is 1.62 bits per heavy atom. The first-order valence-electron chi connectivity index (χ1n) is 7.10. The Bertz CT molecular complexity index is 725. The van der Waals surface area contributed by atoms with Gasteiger partial charge in [-0.05, 0) is 19.1 Å². The van der Waals surface area contributed by atoms with Crippen molar-refractivity contribution in [1.82, 2.24) is 5.32 Å². The Balaban J connectivity index is 2.23. The van der Waals surface area contributed by atoms with Crippen molar-refractivity contribution in [3.05, 3.63) is 71.3 Å². The van der Waals surface area contributed by atoms with Crippen molar-refractivity contribution in [3.63, 3.8) is 0 Å². The summed E-state index contributed by atoms with van der Waals surface area (Å²) in [6.07, 6.45) is -1.13. The van der Waals surface area contributed by atoms with Crippen LogP contribution in [0.1, 0.15) is 21.5 Å². The SMILES string of the molecule is Cc1ccc(C(=O)NC(N=C(N)c2ccccc2)C(Cl)(Cl)Cl)cc1. The zero-order valence-electron chi connectivity index (χ0n) is 12.8. The second-order valence-corrected chi connectivity index (χ2v) is 7.53. The first-order chi connectivity index (χ1) is 11.3. The summed E-state index contributed by atoms with van der Waals surface area (Å²) in [4.78, 5) is 16.5. The van der Waals surface area contributed by atoms with Gasteiger partial charge in [0.25, 0.3) is 5.91 Å². The van der Waals surface area contributed by atoms with Crippen molar-refractivity contribution in [2.24, 2.45) is 10.7 Å². The quantitative estimate of drug-likeness (QED) is 0.478. The van der Waals surface area contributed by atoms with Crippen LogP contribution in [-0.2, 0) is 0 Å². The smallest absolute Gasteiger partial charge is 0.253 e. The van der Waals surface area contributed by atoms with E-state index in [1.54, 1.807) is 24.3 Å². The molecule has 24 heavy (non-hydrogen) atoms. The number of hydrogen-bond donors (Lipinski definition) is 2. The van der Waals surface area contributed by atoms with Gasteiger partial charge in [0.15, 0.2) is 6.17 Å². The molecule has 0 saturated carbocycles. The zero-order chi connectivity index (χ0) is 17.7. The maximum absolute atomic E-state index is 12.3. The van der Waals surface area contributed by atoms with Gasteiger partial charge in [-0.1, -0.05) is 82.8 Å². The van der Waals surface area contributed by atoms with E-state index in [1.165, 1.54) is 0 Å². The van der Waals surface area contributed by atoms with Gasteiger partial charge in [-0.2, -0.15) is 0 Å². The summed E-state index contributed by atoms with van der Waals surface area (Å²) in [6.45, 7) is 1.93. The van der Waals surface area contributed by atoms with Gasteiger partial charge < -0.3 is 11.1 Å². The minimum absolute atomic E-state index is 0.163. The van der Waals surface area contributed by atoms with Crippen LogP contribution in [-0.4, -0.2) is 21.7 Å². The van der Waals surface area contributed by atoms with Crippen LogP contribution in [0.4, 0.5) is 0 Å². The molecular weight excluding hydrogens is 369 g/mol. The molecule has 0 bridgehead atoms. The second kappa shape index (κ2) is 7.88. The number of nitrogens with zero attached hydrogens (tertiary/aromatic N) is 1. The van der Waals surface area contributed by atoms with E-state index in [2.05, 4.69) is 10.3 Å². The maximum Gasteiger partial charge on any atom is 0.253 e. The van der Waals surface area contributed by atoms with Gasteiger partial charge in [0, 0.05) is 11.1 Å². The average molecular weight is 385 g/mol. The van der Waals surface area contributed by atoms with E-state index in [-0.39, 0.29) is 5.84 Å². The molecule has 7 heteroatoms. The molecular formula is C17H16Cl3N3O. The standard InChI is InChI=1S/C17H16Cl3N3O/c1-11-7-9-13(10-8-11)15(24)23-16(17(18,19)20)22-14(21)12-5-3-2-4-6-12/h2-10,16H,1H3,(H2,21,22)(H,23,24). The van der Waals surface area contributed by atoms with E-state index >= 15 is 0 Å². The number of halogens is 3. The summed E-state index contributed by atoms with van der Waals surface area (Å²) >= 11 is 17.8. The summed E-state index contributed by atoms with van der Waals surface area (Å²) < 4.78 is -1.85. The number of amides is 1. The Morgan fingerprint density at radius 3 is 2.17 bits per heavy atom. The van der Waals surface area contributed by atoms with Crippen LogP contribution >= 0.6 is 34.8 Å². The first kappa shape index (κ1) is 18.6. The molecule has 1 unspecified atom stereocenters. The lowest BCUT2D eigenvalue weighted by Gasteiger charge is -2.22. The molecule has 0 aromatic heterocycles. The van der Waals surface area contributed by atoms with E-state index in [0.29, 0.717) is 11.1 Å². The third-order valence-electron chi connectivity index (χ3n) is 3.23. The Hall–Kier alpha value is -1.75. The molecule has 2 aromatic carbocycles. The molecule has 0 radical (unpaired) electrons. The summed E-state index contributed by atoms with van der Waals surface area (Å²) in [6, 6.07) is 16.0. The predicted octanol–water partition coefficient (Wildman–Crippen LogP) is 3.83. The third kappa shape index (κ3) is 5.13. The Kier molecular flexibility index (Phi) is 6.10. The number of nitrogens with two attached hydrogens (primary N) is 1. The minimum atomic E-state index is -1.85.